The second kappa shape index (κ2) is 8.54. The number of carbonyl (C=O) groups is 1. The van der Waals surface area contributed by atoms with E-state index in [-0.39, 0.29) is 5.91 Å². The van der Waals surface area contributed by atoms with Gasteiger partial charge in [0.25, 0.3) is 5.91 Å². The van der Waals surface area contributed by atoms with Crippen molar-refractivity contribution in [1.29, 1.82) is 0 Å². The minimum absolute atomic E-state index is 0.242. The van der Waals surface area contributed by atoms with Crippen LogP contribution >= 0.6 is 0 Å². The highest BCUT2D eigenvalue weighted by molar-refractivity contribution is 5.95. The van der Waals surface area contributed by atoms with Crippen LogP contribution in [0.25, 0.3) is 0 Å². The Bertz CT molecular complexity index is 691. The van der Waals surface area contributed by atoms with Crippen molar-refractivity contribution in [3.63, 3.8) is 0 Å². The van der Waals surface area contributed by atoms with Crippen LogP contribution in [-0.2, 0) is 6.42 Å². The first kappa shape index (κ1) is 16.5. The molecule has 2 aromatic rings. The SMILES string of the molecule is C=CCOc1ccccc1/C=N\NC(=O)c1ccc(CC)cc1. The van der Waals surface area contributed by atoms with Crippen LogP contribution in [0.15, 0.2) is 66.3 Å². The van der Waals surface area contributed by atoms with Crippen molar-refractivity contribution in [1.82, 2.24) is 5.43 Å². The number of nitrogens with one attached hydrogen (secondary N) is 1. The van der Waals surface area contributed by atoms with Gasteiger partial charge in [0.15, 0.2) is 0 Å². The molecule has 1 amide bonds. The number of rotatable bonds is 7. The number of amides is 1. The number of carbonyl (C=O) groups excluding carboxylic acids is 1. The van der Waals surface area contributed by atoms with Gasteiger partial charge >= 0.3 is 0 Å². The van der Waals surface area contributed by atoms with E-state index in [4.69, 9.17) is 4.74 Å². The van der Waals surface area contributed by atoms with Crippen LogP contribution in [0.5, 0.6) is 5.75 Å². The third-order valence-electron chi connectivity index (χ3n) is 3.27. The molecule has 0 atom stereocenters. The van der Waals surface area contributed by atoms with Crippen molar-refractivity contribution in [2.24, 2.45) is 5.10 Å². The summed E-state index contributed by atoms with van der Waals surface area (Å²) in [6.45, 7) is 6.11. The predicted molar refractivity (Wildman–Crippen MR) is 93.0 cm³/mol. The topological polar surface area (TPSA) is 50.7 Å². The largest absolute Gasteiger partial charge is 0.489 e. The fraction of sp³-hybridized carbons (Fsp3) is 0.158. The Balaban J connectivity index is 2.00. The summed E-state index contributed by atoms with van der Waals surface area (Å²) in [5.74, 6) is 0.450. The van der Waals surface area contributed by atoms with Gasteiger partial charge in [0.1, 0.15) is 12.4 Å². The molecule has 1 N–H and O–H groups in total. The zero-order chi connectivity index (χ0) is 16.5. The molecule has 0 bridgehead atoms. The fourth-order valence-corrected chi connectivity index (χ4v) is 1.98. The summed E-state index contributed by atoms with van der Waals surface area (Å²) in [7, 11) is 0. The molecular formula is C19H20N2O2. The predicted octanol–water partition coefficient (Wildman–Crippen LogP) is 3.58. The van der Waals surface area contributed by atoms with Crippen molar-refractivity contribution in [2.45, 2.75) is 13.3 Å². The maximum absolute atomic E-state index is 12.0. The van der Waals surface area contributed by atoms with Crippen LogP contribution in [0, 0.1) is 0 Å². The molecule has 0 aliphatic rings. The number of hydrogen-bond acceptors (Lipinski definition) is 3. The average Bonchev–Trinajstić information content (AvgIpc) is 2.61. The minimum Gasteiger partial charge on any atom is -0.489 e. The number of benzene rings is 2. The van der Waals surface area contributed by atoms with Crippen molar-refractivity contribution >= 4 is 12.1 Å². The van der Waals surface area contributed by atoms with E-state index in [1.165, 1.54) is 5.56 Å². The average molecular weight is 308 g/mol. The summed E-state index contributed by atoms with van der Waals surface area (Å²) >= 11 is 0. The molecule has 2 rings (SSSR count). The highest BCUT2D eigenvalue weighted by atomic mass is 16.5. The summed E-state index contributed by atoms with van der Waals surface area (Å²) in [5, 5.41) is 4.00. The van der Waals surface area contributed by atoms with Gasteiger partial charge in [-0.2, -0.15) is 5.10 Å². The molecule has 0 aliphatic heterocycles. The lowest BCUT2D eigenvalue weighted by Gasteiger charge is -2.06. The van der Waals surface area contributed by atoms with Gasteiger partial charge in [-0.3, -0.25) is 4.79 Å². The third kappa shape index (κ3) is 4.81. The molecule has 0 unspecified atom stereocenters. The zero-order valence-corrected chi connectivity index (χ0v) is 13.2. The van der Waals surface area contributed by atoms with E-state index in [1.54, 1.807) is 24.4 Å². The van der Waals surface area contributed by atoms with Crippen LogP contribution in [0.2, 0.25) is 0 Å². The maximum atomic E-state index is 12.0. The van der Waals surface area contributed by atoms with E-state index in [0.717, 1.165) is 12.0 Å². The molecule has 4 nitrogen and oxygen atoms in total. The molecule has 0 fully saturated rings. The molecule has 0 saturated carbocycles. The van der Waals surface area contributed by atoms with Crippen LogP contribution < -0.4 is 10.2 Å². The van der Waals surface area contributed by atoms with Crippen LogP contribution in [0.1, 0.15) is 28.4 Å². The number of hydrazone groups is 1. The molecule has 0 saturated heterocycles. The molecule has 2 aromatic carbocycles. The number of hydrogen-bond donors (Lipinski definition) is 1. The minimum atomic E-state index is -0.242. The monoisotopic (exact) mass is 308 g/mol. The first-order chi connectivity index (χ1) is 11.2. The van der Waals surface area contributed by atoms with Gasteiger partial charge in [-0.05, 0) is 36.2 Å². The summed E-state index contributed by atoms with van der Waals surface area (Å²) in [6.07, 6.45) is 4.19. The number of para-hydroxylation sites is 1. The van der Waals surface area contributed by atoms with Crippen molar-refractivity contribution in [2.75, 3.05) is 6.61 Å². The van der Waals surface area contributed by atoms with Gasteiger partial charge in [-0.1, -0.05) is 43.8 Å². The molecule has 0 aliphatic carbocycles. The molecule has 0 aromatic heterocycles. The van der Waals surface area contributed by atoms with Crippen molar-refractivity contribution in [3.8, 4) is 5.75 Å². The van der Waals surface area contributed by atoms with E-state index < -0.39 is 0 Å². The Morgan fingerprint density at radius 3 is 2.65 bits per heavy atom. The van der Waals surface area contributed by atoms with Gasteiger partial charge in [0.05, 0.1) is 6.21 Å². The Labute approximate surface area is 136 Å². The van der Waals surface area contributed by atoms with Crippen LogP contribution in [0.4, 0.5) is 0 Å². The van der Waals surface area contributed by atoms with Crippen LogP contribution in [0.3, 0.4) is 0 Å². The van der Waals surface area contributed by atoms with Crippen molar-refractivity contribution in [3.05, 3.63) is 77.9 Å². The normalized spacial score (nSPS) is 10.5. The lowest BCUT2D eigenvalue weighted by molar-refractivity contribution is 0.0955. The zero-order valence-electron chi connectivity index (χ0n) is 13.2. The van der Waals surface area contributed by atoms with E-state index >= 15 is 0 Å². The molecule has 118 valence electrons. The highest BCUT2D eigenvalue weighted by Gasteiger charge is 2.04. The molecule has 0 heterocycles. The number of aryl methyl sites for hydroxylation is 1. The van der Waals surface area contributed by atoms with Gasteiger partial charge in [0.2, 0.25) is 0 Å². The van der Waals surface area contributed by atoms with Gasteiger partial charge < -0.3 is 4.74 Å². The molecular weight excluding hydrogens is 288 g/mol. The first-order valence-electron chi connectivity index (χ1n) is 7.49. The second-order valence-electron chi connectivity index (χ2n) is 4.89. The Kier molecular flexibility index (Phi) is 6.12. The highest BCUT2D eigenvalue weighted by Crippen LogP contribution is 2.15. The van der Waals surface area contributed by atoms with E-state index in [1.807, 2.05) is 36.4 Å². The lowest BCUT2D eigenvalue weighted by Crippen LogP contribution is -2.17. The number of ether oxygens (including phenoxy) is 1. The first-order valence-corrected chi connectivity index (χ1v) is 7.49. The Morgan fingerprint density at radius 1 is 1.22 bits per heavy atom. The van der Waals surface area contributed by atoms with Crippen molar-refractivity contribution < 1.29 is 9.53 Å². The molecule has 4 heteroatoms. The summed E-state index contributed by atoms with van der Waals surface area (Å²) < 4.78 is 5.53. The Hall–Kier alpha value is -2.88. The smallest absolute Gasteiger partial charge is 0.271 e. The fourth-order valence-electron chi connectivity index (χ4n) is 1.98. The standard InChI is InChI=1S/C19H20N2O2/c1-3-13-23-18-8-6-5-7-17(18)14-20-21-19(22)16-11-9-15(4-2)10-12-16/h3,5-12,14H,1,4,13H2,2H3,(H,21,22)/b20-14-. The molecule has 0 spiro atoms. The number of nitrogens with zero attached hydrogens (tertiary/aromatic N) is 1. The van der Waals surface area contributed by atoms with Crippen LogP contribution in [-0.4, -0.2) is 18.7 Å². The summed E-state index contributed by atoms with van der Waals surface area (Å²) in [6, 6.07) is 14.9. The molecule has 23 heavy (non-hydrogen) atoms. The molecule has 0 radical (unpaired) electrons. The third-order valence-corrected chi connectivity index (χ3v) is 3.27. The van der Waals surface area contributed by atoms with Gasteiger partial charge in [-0.15, -0.1) is 0 Å². The van der Waals surface area contributed by atoms with E-state index in [9.17, 15) is 4.79 Å². The maximum Gasteiger partial charge on any atom is 0.271 e. The van der Waals surface area contributed by atoms with E-state index in [0.29, 0.717) is 17.9 Å². The van der Waals surface area contributed by atoms with Gasteiger partial charge in [0, 0.05) is 11.1 Å². The van der Waals surface area contributed by atoms with Gasteiger partial charge in [-0.25, -0.2) is 5.43 Å². The van der Waals surface area contributed by atoms with E-state index in [2.05, 4.69) is 24.0 Å². The summed E-state index contributed by atoms with van der Waals surface area (Å²) in [5.41, 5.74) is 5.08. The quantitative estimate of drug-likeness (QED) is 0.483. The summed E-state index contributed by atoms with van der Waals surface area (Å²) in [4.78, 5) is 12.0. The lowest BCUT2D eigenvalue weighted by atomic mass is 10.1. The Morgan fingerprint density at radius 2 is 1.96 bits per heavy atom. The second-order valence-corrected chi connectivity index (χ2v) is 4.89.